The molecule has 7 heteroatoms. The van der Waals surface area contributed by atoms with Crippen LogP contribution in [-0.4, -0.2) is 35.5 Å². The standard InChI is InChI=1S/C22H22N4O2S/c27-22(23-10-9-16-6-4-12-29-16)15-5-3-11-26(13-15)21-20-19(24-14-25-21)17-7-1-2-8-18(17)28-20/h1-2,4,6-8,12,14-15H,3,5,9-11,13H2,(H,23,27)/t15-/m1/s1. The number of hydrogen-bond donors (Lipinski definition) is 1. The van der Waals surface area contributed by atoms with Crippen LogP contribution in [-0.2, 0) is 11.2 Å². The van der Waals surface area contributed by atoms with Crippen LogP contribution in [0.5, 0.6) is 0 Å². The monoisotopic (exact) mass is 406 g/mol. The Balaban J connectivity index is 1.32. The maximum atomic E-state index is 12.7. The van der Waals surface area contributed by atoms with Crippen molar-refractivity contribution in [2.75, 3.05) is 24.5 Å². The van der Waals surface area contributed by atoms with E-state index in [4.69, 9.17) is 4.42 Å². The van der Waals surface area contributed by atoms with Gasteiger partial charge in [-0.2, -0.15) is 0 Å². The molecule has 5 rings (SSSR count). The molecule has 6 nitrogen and oxygen atoms in total. The van der Waals surface area contributed by atoms with E-state index in [1.54, 1.807) is 17.7 Å². The van der Waals surface area contributed by atoms with Crippen LogP contribution in [0.3, 0.4) is 0 Å². The third-order valence-electron chi connectivity index (χ3n) is 5.48. The lowest BCUT2D eigenvalue weighted by Crippen LogP contribution is -2.43. The molecule has 0 unspecified atom stereocenters. The first kappa shape index (κ1) is 18.1. The smallest absolute Gasteiger partial charge is 0.224 e. The number of amides is 1. The van der Waals surface area contributed by atoms with E-state index in [-0.39, 0.29) is 11.8 Å². The Labute approximate surface area is 172 Å². The molecule has 4 aromatic rings. The molecular weight excluding hydrogens is 384 g/mol. The third kappa shape index (κ3) is 3.58. The number of nitrogens with one attached hydrogen (secondary N) is 1. The minimum atomic E-state index is -0.0403. The second-order valence-electron chi connectivity index (χ2n) is 7.38. The van der Waals surface area contributed by atoms with Gasteiger partial charge in [-0.3, -0.25) is 4.79 Å². The summed E-state index contributed by atoms with van der Waals surface area (Å²) in [6.45, 7) is 2.19. The van der Waals surface area contributed by atoms with Gasteiger partial charge in [0, 0.05) is 29.9 Å². The molecule has 1 aromatic carbocycles. The number of nitrogens with zero attached hydrogens (tertiary/aromatic N) is 3. The Morgan fingerprint density at radius 3 is 3.07 bits per heavy atom. The van der Waals surface area contributed by atoms with Gasteiger partial charge in [0.2, 0.25) is 5.91 Å². The van der Waals surface area contributed by atoms with Gasteiger partial charge < -0.3 is 14.6 Å². The molecule has 1 aliphatic heterocycles. The van der Waals surface area contributed by atoms with Crippen molar-refractivity contribution >= 4 is 45.1 Å². The normalized spacial score (nSPS) is 17.1. The number of rotatable bonds is 5. The van der Waals surface area contributed by atoms with Crippen molar-refractivity contribution in [3.05, 3.63) is 53.0 Å². The number of para-hydroxylation sites is 1. The number of thiophene rings is 1. The molecule has 0 spiro atoms. The quantitative estimate of drug-likeness (QED) is 0.542. The highest BCUT2D eigenvalue weighted by Gasteiger charge is 2.28. The molecule has 1 aliphatic rings. The number of carbonyl (C=O) groups is 1. The van der Waals surface area contributed by atoms with Crippen LogP contribution in [0.15, 0.2) is 52.5 Å². The van der Waals surface area contributed by atoms with Gasteiger partial charge in [-0.15, -0.1) is 11.3 Å². The van der Waals surface area contributed by atoms with Gasteiger partial charge in [0.15, 0.2) is 11.4 Å². The summed E-state index contributed by atoms with van der Waals surface area (Å²) in [5.74, 6) is 0.866. The zero-order chi connectivity index (χ0) is 19.6. The summed E-state index contributed by atoms with van der Waals surface area (Å²) in [5, 5.41) is 6.16. The summed E-state index contributed by atoms with van der Waals surface area (Å²) in [6.07, 6.45) is 4.32. The number of furan rings is 1. The highest BCUT2D eigenvalue weighted by Crippen LogP contribution is 2.33. The second-order valence-corrected chi connectivity index (χ2v) is 8.41. The molecule has 0 radical (unpaired) electrons. The van der Waals surface area contributed by atoms with E-state index in [1.165, 1.54) is 4.88 Å². The van der Waals surface area contributed by atoms with Crippen LogP contribution in [0.25, 0.3) is 22.1 Å². The van der Waals surface area contributed by atoms with Gasteiger partial charge in [0.1, 0.15) is 17.4 Å². The van der Waals surface area contributed by atoms with Gasteiger partial charge in [0.05, 0.1) is 5.92 Å². The van der Waals surface area contributed by atoms with E-state index in [9.17, 15) is 4.79 Å². The fourth-order valence-corrected chi connectivity index (χ4v) is 4.74. The summed E-state index contributed by atoms with van der Waals surface area (Å²) < 4.78 is 6.07. The summed E-state index contributed by atoms with van der Waals surface area (Å²) in [5.41, 5.74) is 2.34. The SMILES string of the molecule is O=C(NCCc1cccs1)[C@@H]1CCCN(c2ncnc3c2oc2ccccc23)C1. The van der Waals surface area contributed by atoms with Crippen molar-refractivity contribution in [2.45, 2.75) is 19.3 Å². The van der Waals surface area contributed by atoms with E-state index in [0.29, 0.717) is 18.7 Å². The van der Waals surface area contributed by atoms with E-state index in [2.05, 4.69) is 31.6 Å². The number of fused-ring (bicyclic) bond motifs is 3. The number of hydrogen-bond acceptors (Lipinski definition) is 6. The van der Waals surface area contributed by atoms with Gasteiger partial charge in [-0.1, -0.05) is 18.2 Å². The van der Waals surface area contributed by atoms with Crippen LogP contribution in [0.4, 0.5) is 5.82 Å². The highest BCUT2D eigenvalue weighted by atomic mass is 32.1. The number of piperidine rings is 1. The molecule has 29 heavy (non-hydrogen) atoms. The molecule has 3 aromatic heterocycles. The lowest BCUT2D eigenvalue weighted by Gasteiger charge is -2.32. The Hall–Kier alpha value is -2.93. The second kappa shape index (κ2) is 7.83. The van der Waals surface area contributed by atoms with Crippen molar-refractivity contribution in [1.29, 1.82) is 0 Å². The average molecular weight is 407 g/mol. The van der Waals surface area contributed by atoms with Crippen molar-refractivity contribution in [1.82, 2.24) is 15.3 Å². The first-order valence-electron chi connectivity index (χ1n) is 9.97. The first-order valence-corrected chi connectivity index (χ1v) is 10.8. The minimum absolute atomic E-state index is 0.0403. The molecule has 1 saturated heterocycles. The minimum Gasteiger partial charge on any atom is -0.450 e. The van der Waals surface area contributed by atoms with Crippen LogP contribution in [0, 0.1) is 5.92 Å². The van der Waals surface area contributed by atoms with Crippen LogP contribution >= 0.6 is 11.3 Å². The molecule has 0 saturated carbocycles. The third-order valence-corrected chi connectivity index (χ3v) is 6.42. The molecule has 1 fully saturated rings. The van der Waals surface area contributed by atoms with E-state index in [1.807, 2.05) is 30.3 Å². The van der Waals surface area contributed by atoms with Crippen LogP contribution < -0.4 is 10.2 Å². The van der Waals surface area contributed by atoms with Gasteiger partial charge in [-0.05, 0) is 42.8 Å². The van der Waals surface area contributed by atoms with Crippen LogP contribution in [0.1, 0.15) is 17.7 Å². The van der Waals surface area contributed by atoms with Crippen molar-refractivity contribution in [2.24, 2.45) is 5.92 Å². The zero-order valence-electron chi connectivity index (χ0n) is 16.0. The summed E-state index contributed by atoms with van der Waals surface area (Å²) in [6, 6.07) is 12.0. The Bertz CT molecular complexity index is 1140. The Kier molecular flexibility index (Phi) is 4.89. The fourth-order valence-electron chi connectivity index (χ4n) is 4.03. The molecule has 1 atom stereocenters. The fraction of sp³-hybridized carbons (Fsp3) is 0.318. The maximum Gasteiger partial charge on any atom is 0.224 e. The molecular formula is C22H22N4O2S. The van der Waals surface area contributed by atoms with E-state index in [0.717, 1.165) is 48.1 Å². The van der Waals surface area contributed by atoms with E-state index >= 15 is 0 Å². The highest BCUT2D eigenvalue weighted by molar-refractivity contribution is 7.09. The van der Waals surface area contributed by atoms with Gasteiger partial charge in [0.25, 0.3) is 0 Å². The van der Waals surface area contributed by atoms with Crippen molar-refractivity contribution < 1.29 is 9.21 Å². The largest absolute Gasteiger partial charge is 0.450 e. The lowest BCUT2D eigenvalue weighted by molar-refractivity contribution is -0.125. The van der Waals surface area contributed by atoms with E-state index < -0.39 is 0 Å². The molecule has 1 amide bonds. The topological polar surface area (TPSA) is 71.3 Å². The predicted molar refractivity (Wildman–Crippen MR) is 115 cm³/mol. The van der Waals surface area contributed by atoms with Crippen molar-refractivity contribution in [3.63, 3.8) is 0 Å². The summed E-state index contributed by atoms with van der Waals surface area (Å²) in [7, 11) is 0. The molecule has 4 heterocycles. The maximum absolute atomic E-state index is 12.7. The zero-order valence-corrected chi connectivity index (χ0v) is 16.8. The average Bonchev–Trinajstić information content (AvgIpc) is 3.41. The number of carbonyl (C=O) groups excluding carboxylic acids is 1. The van der Waals surface area contributed by atoms with Gasteiger partial charge in [-0.25, -0.2) is 9.97 Å². The van der Waals surface area contributed by atoms with Crippen LogP contribution in [0.2, 0.25) is 0 Å². The number of anilines is 1. The Morgan fingerprint density at radius 1 is 1.24 bits per heavy atom. The molecule has 0 bridgehead atoms. The Morgan fingerprint density at radius 2 is 2.17 bits per heavy atom. The summed E-state index contributed by atoms with van der Waals surface area (Å²) in [4.78, 5) is 25.1. The molecule has 1 N–H and O–H groups in total. The number of benzene rings is 1. The molecule has 148 valence electrons. The lowest BCUT2D eigenvalue weighted by atomic mass is 9.97. The molecule has 0 aliphatic carbocycles. The number of aromatic nitrogens is 2. The summed E-state index contributed by atoms with van der Waals surface area (Å²) >= 11 is 1.73. The van der Waals surface area contributed by atoms with Crippen molar-refractivity contribution in [3.8, 4) is 0 Å². The predicted octanol–water partition coefficient (Wildman–Crippen LogP) is 4.01. The first-order chi connectivity index (χ1) is 14.3. The van der Waals surface area contributed by atoms with Gasteiger partial charge >= 0.3 is 0 Å².